The summed E-state index contributed by atoms with van der Waals surface area (Å²) in [4.78, 5) is 35.8. The van der Waals surface area contributed by atoms with Crippen LogP contribution in [0.2, 0.25) is 0 Å². The lowest BCUT2D eigenvalue weighted by atomic mass is 9.73. The van der Waals surface area contributed by atoms with E-state index >= 15 is 0 Å². The molecule has 0 atom stereocenters. The predicted octanol–water partition coefficient (Wildman–Crippen LogP) is 6.65. The maximum atomic E-state index is 14.0. The number of carbonyl (C=O) groups excluding carboxylic acids is 2. The van der Waals surface area contributed by atoms with E-state index in [0.29, 0.717) is 33.5 Å². The van der Waals surface area contributed by atoms with Crippen LogP contribution < -0.4 is 15.4 Å². The van der Waals surface area contributed by atoms with Gasteiger partial charge in [-0.2, -0.15) is 13.2 Å². The number of aromatic nitrogens is 2. The van der Waals surface area contributed by atoms with Gasteiger partial charge >= 0.3 is 6.18 Å². The molecule has 2 amide bonds. The van der Waals surface area contributed by atoms with E-state index in [9.17, 15) is 32.3 Å². The Labute approximate surface area is 278 Å². The van der Waals surface area contributed by atoms with Gasteiger partial charge in [0.2, 0.25) is 0 Å². The standard InChI is InChI=1S/C36H32F4N4O5/c1-19-13-28(48-3)27(32(46)44-35(17-23(45)18-35)34-42-11-4-12-43-34)15-24(19)25-16-26-29(14-21(25)9-10-36(38,39)40)49-31(30(26)33(47)41-2)20-5-7-22(37)8-6-20/h4-8,11-16,23,45H,9-10,17-18H2,1-3H3,(H,41,47)(H,44,46). The van der Waals surface area contributed by atoms with E-state index in [0.717, 1.165) is 0 Å². The molecule has 1 aliphatic rings. The summed E-state index contributed by atoms with van der Waals surface area (Å²) in [5.41, 5.74) is 1.36. The molecular formula is C36H32F4N4O5. The minimum Gasteiger partial charge on any atom is -0.496 e. The number of aliphatic hydroxyl groups excluding tert-OH is 1. The minimum atomic E-state index is -4.47. The number of hydrogen-bond acceptors (Lipinski definition) is 7. The number of aliphatic hydroxyl groups is 1. The van der Waals surface area contributed by atoms with Crippen LogP contribution in [0.25, 0.3) is 33.4 Å². The fraction of sp³-hybridized carbons (Fsp3) is 0.278. The molecular weight excluding hydrogens is 644 g/mol. The summed E-state index contributed by atoms with van der Waals surface area (Å²) in [6.07, 6.45) is -3.26. The Morgan fingerprint density at radius 1 is 1.04 bits per heavy atom. The Hall–Kier alpha value is -5.30. The average Bonchev–Trinajstić information content (AvgIpc) is 3.44. The molecule has 13 heteroatoms. The molecule has 2 aromatic heterocycles. The van der Waals surface area contributed by atoms with Crippen LogP contribution in [-0.2, 0) is 12.0 Å². The van der Waals surface area contributed by atoms with E-state index in [1.165, 1.54) is 62.9 Å². The van der Waals surface area contributed by atoms with Gasteiger partial charge in [0.1, 0.15) is 28.4 Å². The Kier molecular flexibility index (Phi) is 8.88. The van der Waals surface area contributed by atoms with Crippen molar-refractivity contribution in [2.24, 2.45) is 0 Å². The number of halogens is 4. The summed E-state index contributed by atoms with van der Waals surface area (Å²) < 4.78 is 66.1. The van der Waals surface area contributed by atoms with Gasteiger partial charge in [0, 0.05) is 49.7 Å². The molecule has 0 bridgehead atoms. The largest absolute Gasteiger partial charge is 0.496 e. The molecule has 254 valence electrons. The highest BCUT2D eigenvalue weighted by atomic mass is 19.4. The van der Waals surface area contributed by atoms with Gasteiger partial charge < -0.3 is 24.9 Å². The lowest BCUT2D eigenvalue weighted by molar-refractivity contribution is -0.133. The third kappa shape index (κ3) is 6.58. The normalized spacial score (nSPS) is 17.4. The fourth-order valence-electron chi connectivity index (χ4n) is 6.31. The highest BCUT2D eigenvalue weighted by Gasteiger charge is 2.49. The maximum Gasteiger partial charge on any atom is 0.389 e. The van der Waals surface area contributed by atoms with Crippen molar-refractivity contribution >= 4 is 22.8 Å². The second kappa shape index (κ2) is 13.0. The first-order chi connectivity index (χ1) is 23.3. The van der Waals surface area contributed by atoms with Crippen LogP contribution in [0.15, 0.2) is 71.4 Å². The molecule has 1 aliphatic carbocycles. The molecule has 6 rings (SSSR count). The number of nitrogens with one attached hydrogen (secondary N) is 2. The quantitative estimate of drug-likeness (QED) is 0.149. The molecule has 1 fully saturated rings. The molecule has 2 heterocycles. The number of nitrogens with zero attached hydrogens (tertiary/aromatic N) is 2. The van der Waals surface area contributed by atoms with Gasteiger partial charge in [0.15, 0.2) is 5.82 Å². The molecule has 0 aliphatic heterocycles. The number of amides is 2. The first-order valence-electron chi connectivity index (χ1n) is 15.4. The van der Waals surface area contributed by atoms with Gasteiger partial charge in [-0.15, -0.1) is 0 Å². The Balaban J connectivity index is 1.52. The van der Waals surface area contributed by atoms with Gasteiger partial charge in [-0.25, -0.2) is 14.4 Å². The van der Waals surface area contributed by atoms with Crippen molar-refractivity contribution < 1.29 is 41.4 Å². The first-order valence-corrected chi connectivity index (χ1v) is 15.4. The number of ether oxygens (including phenoxy) is 1. The number of aryl methyl sites for hydroxylation is 2. The highest BCUT2D eigenvalue weighted by Crippen LogP contribution is 2.43. The SMILES string of the molecule is CNC(=O)c1c(-c2ccc(F)cc2)oc2cc(CCC(F)(F)F)c(-c3cc(C(=O)NC4(c5ncccn5)CC(O)C4)c(OC)cc3C)cc12. The van der Waals surface area contributed by atoms with E-state index in [4.69, 9.17) is 9.15 Å². The van der Waals surface area contributed by atoms with Crippen molar-refractivity contribution in [1.82, 2.24) is 20.6 Å². The minimum absolute atomic E-state index is 0.0902. The zero-order valence-corrected chi connectivity index (χ0v) is 26.7. The summed E-state index contributed by atoms with van der Waals surface area (Å²) in [5, 5.41) is 16.0. The Morgan fingerprint density at radius 2 is 1.73 bits per heavy atom. The number of fused-ring (bicyclic) bond motifs is 1. The number of alkyl halides is 3. The topological polar surface area (TPSA) is 127 Å². The van der Waals surface area contributed by atoms with Crippen molar-refractivity contribution in [2.45, 2.75) is 50.4 Å². The molecule has 0 saturated heterocycles. The summed E-state index contributed by atoms with van der Waals surface area (Å²) >= 11 is 0. The fourth-order valence-corrected chi connectivity index (χ4v) is 6.31. The van der Waals surface area contributed by atoms with Crippen LogP contribution in [0.1, 0.15) is 56.9 Å². The molecule has 0 radical (unpaired) electrons. The number of methoxy groups -OCH3 is 1. The zero-order valence-electron chi connectivity index (χ0n) is 26.7. The molecule has 9 nitrogen and oxygen atoms in total. The Bertz CT molecular complexity index is 2040. The average molecular weight is 677 g/mol. The van der Waals surface area contributed by atoms with Crippen molar-refractivity contribution in [2.75, 3.05) is 14.2 Å². The van der Waals surface area contributed by atoms with E-state index in [1.54, 1.807) is 25.1 Å². The molecule has 3 N–H and O–H groups in total. The number of rotatable bonds is 9. The number of carbonyl (C=O) groups is 2. The van der Waals surface area contributed by atoms with Crippen LogP contribution in [0, 0.1) is 12.7 Å². The van der Waals surface area contributed by atoms with E-state index < -0.39 is 48.3 Å². The predicted molar refractivity (Wildman–Crippen MR) is 173 cm³/mol. The summed E-state index contributed by atoms with van der Waals surface area (Å²) in [7, 11) is 2.83. The molecule has 49 heavy (non-hydrogen) atoms. The number of hydrogen-bond donors (Lipinski definition) is 3. The van der Waals surface area contributed by atoms with E-state index in [-0.39, 0.29) is 46.6 Å². The van der Waals surface area contributed by atoms with Gasteiger partial charge in [-0.3, -0.25) is 9.59 Å². The third-order valence-corrected chi connectivity index (χ3v) is 8.75. The second-order valence-electron chi connectivity index (χ2n) is 12.1. The number of furan rings is 1. The van der Waals surface area contributed by atoms with Crippen LogP contribution in [0.5, 0.6) is 5.75 Å². The van der Waals surface area contributed by atoms with Crippen LogP contribution in [-0.4, -0.2) is 53.3 Å². The zero-order chi connectivity index (χ0) is 35.1. The number of benzene rings is 3. The molecule has 3 aromatic carbocycles. The van der Waals surface area contributed by atoms with Gasteiger partial charge in [0.25, 0.3) is 11.8 Å². The van der Waals surface area contributed by atoms with E-state index in [1.807, 2.05) is 0 Å². The Morgan fingerprint density at radius 3 is 2.35 bits per heavy atom. The second-order valence-corrected chi connectivity index (χ2v) is 12.1. The van der Waals surface area contributed by atoms with E-state index in [2.05, 4.69) is 20.6 Å². The summed E-state index contributed by atoms with van der Waals surface area (Å²) in [6.45, 7) is 1.73. The molecule has 0 spiro atoms. The van der Waals surface area contributed by atoms with Crippen LogP contribution in [0.4, 0.5) is 17.6 Å². The summed E-state index contributed by atoms with van der Waals surface area (Å²) in [5.74, 6) is -0.912. The molecule has 0 unspecified atom stereocenters. The van der Waals surface area contributed by atoms with Crippen molar-refractivity contribution in [3.8, 4) is 28.2 Å². The molecule has 5 aromatic rings. The highest BCUT2D eigenvalue weighted by molar-refractivity contribution is 6.12. The van der Waals surface area contributed by atoms with Crippen molar-refractivity contribution in [3.63, 3.8) is 0 Å². The third-order valence-electron chi connectivity index (χ3n) is 8.75. The van der Waals surface area contributed by atoms with Gasteiger partial charge in [-0.1, -0.05) is 0 Å². The summed E-state index contributed by atoms with van der Waals surface area (Å²) in [6, 6.07) is 13.1. The van der Waals surface area contributed by atoms with Crippen molar-refractivity contribution in [3.05, 3.63) is 101 Å². The lowest BCUT2D eigenvalue weighted by Gasteiger charge is -2.44. The maximum absolute atomic E-state index is 14.0. The van der Waals surface area contributed by atoms with Crippen LogP contribution in [0.3, 0.4) is 0 Å². The van der Waals surface area contributed by atoms with Gasteiger partial charge in [-0.05, 0) is 90.2 Å². The first kappa shape index (κ1) is 33.6. The lowest BCUT2D eigenvalue weighted by Crippen LogP contribution is -2.57. The van der Waals surface area contributed by atoms with Gasteiger partial charge in [0.05, 0.1) is 24.3 Å². The van der Waals surface area contributed by atoms with Crippen molar-refractivity contribution in [1.29, 1.82) is 0 Å². The smallest absolute Gasteiger partial charge is 0.389 e. The monoisotopic (exact) mass is 676 g/mol. The molecule has 1 saturated carbocycles. The van der Waals surface area contributed by atoms with Crippen LogP contribution >= 0.6 is 0 Å².